The fraction of sp³-hybridized carbons (Fsp3) is 0.409. The highest BCUT2D eigenvalue weighted by Crippen LogP contribution is 2.32. The van der Waals surface area contributed by atoms with Gasteiger partial charge in [-0.05, 0) is 36.2 Å². The van der Waals surface area contributed by atoms with Crippen molar-refractivity contribution in [3.05, 3.63) is 54.1 Å². The van der Waals surface area contributed by atoms with Gasteiger partial charge in [-0.2, -0.15) is 0 Å². The number of rotatable bonds is 5. The second-order valence-electron chi connectivity index (χ2n) is 7.95. The van der Waals surface area contributed by atoms with Crippen LogP contribution in [0.2, 0.25) is 0 Å². The Morgan fingerprint density at radius 2 is 1.77 bits per heavy atom. The van der Waals surface area contributed by atoms with E-state index in [0.717, 1.165) is 11.3 Å². The van der Waals surface area contributed by atoms with E-state index in [1.807, 2.05) is 55.4 Å². The number of nitrogens with zero attached hydrogens (tertiary/aromatic N) is 2. The van der Waals surface area contributed by atoms with Gasteiger partial charge in [-0.25, -0.2) is 8.42 Å². The monoisotopic (exact) mass is 430 g/mol. The molecule has 2 atom stereocenters. The van der Waals surface area contributed by atoms with Crippen LogP contribution in [0.1, 0.15) is 12.0 Å². The Morgan fingerprint density at radius 3 is 2.40 bits per heavy atom. The minimum Gasteiger partial charge on any atom is -0.485 e. The summed E-state index contributed by atoms with van der Waals surface area (Å²) >= 11 is 0. The predicted molar refractivity (Wildman–Crippen MR) is 115 cm³/mol. The van der Waals surface area contributed by atoms with Gasteiger partial charge in [-0.3, -0.25) is 4.79 Å². The lowest BCUT2D eigenvalue weighted by atomic mass is 10.1. The number of para-hydroxylation sites is 2. The third-order valence-electron chi connectivity index (χ3n) is 5.52. The second-order valence-corrected chi connectivity index (χ2v) is 10.2. The van der Waals surface area contributed by atoms with Gasteiger partial charge >= 0.3 is 0 Å². The molecular weight excluding hydrogens is 404 g/mol. The SMILES string of the molecule is CN(C)c1ccc(CN(C(=O)[C@@H]2COc3ccccc3O2)[C@H]2CCS(=O)(=O)C2)cc1. The Morgan fingerprint density at radius 1 is 1.07 bits per heavy atom. The van der Waals surface area contributed by atoms with Crippen molar-refractivity contribution in [1.82, 2.24) is 4.90 Å². The van der Waals surface area contributed by atoms with Crippen LogP contribution in [0.5, 0.6) is 11.5 Å². The molecule has 2 heterocycles. The number of hydrogen-bond acceptors (Lipinski definition) is 6. The van der Waals surface area contributed by atoms with E-state index >= 15 is 0 Å². The van der Waals surface area contributed by atoms with Crippen LogP contribution in [0, 0.1) is 0 Å². The molecule has 1 amide bonds. The van der Waals surface area contributed by atoms with Crippen LogP contribution in [-0.4, -0.2) is 63.6 Å². The van der Waals surface area contributed by atoms with Crippen LogP contribution in [0.4, 0.5) is 5.69 Å². The summed E-state index contributed by atoms with van der Waals surface area (Å²) in [5.74, 6) is 0.973. The fourth-order valence-corrected chi connectivity index (χ4v) is 5.56. The Hall–Kier alpha value is -2.74. The average Bonchev–Trinajstić information content (AvgIpc) is 3.11. The minimum atomic E-state index is -3.14. The molecule has 2 aliphatic heterocycles. The standard InChI is InChI=1S/C22H26N2O5S/c1-23(2)17-9-7-16(8-10-17)13-24(18-11-12-30(26,27)15-18)22(25)21-14-28-19-5-3-4-6-20(19)29-21/h3-10,18,21H,11-15H2,1-2H3/t18-,21-/m0/s1. The summed E-state index contributed by atoms with van der Waals surface area (Å²) in [6, 6.07) is 14.8. The van der Waals surface area contributed by atoms with Crippen molar-refractivity contribution in [2.75, 3.05) is 37.1 Å². The van der Waals surface area contributed by atoms with Crippen molar-refractivity contribution < 1.29 is 22.7 Å². The summed E-state index contributed by atoms with van der Waals surface area (Å²) < 4.78 is 35.8. The van der Waals surface area contributed by atoms with E-state index in [-0.39, 0.29) is 30.1 Å². The minimum absolute atomic E-state index is 0.0152. The summed E-state index contributed by atoms with van der Waals surface area (Å²) in [6.07, 6.45) is -0.363. The quantitative estimate of drug-likeness (QED) is 0.723. The lowest BCUT2D eigenvalue weighted by Crippen LogP contribution is -2.50. The van der Waals surface area contributed by atoms with Crippen LogP contribution in [0.3, 0.4) is 0 Å². The number of anilines is 1. The molecule has 0 spiro atoms. The first-order chi connectivity index (χ1) is 14.3. The molecule has 0 unspecified atom stereocenters. The topological polar surface area (TPSA) is 76.2 Å². The Balaban J connectivity index is 1.56. The van der Waals surface area contributed by atoms with Gasteiger partial charge in [-0.15, -0.1) is 0 Å². The van der Waals surface area contributed by atoms with Gasteiger partial charge in [0, 0.05) is 32.4 Å². The molecule has 2 aromatic rings. The van der Waals surface area contributed by atoms with Gasteiger partial charge in [0.15, 0.2) is 21.3 Å². The molecule has 0 radical (unpaired) electrons. The smallest absolute Gasteiger partial charge is 0.267 e. The molecule has 0 aliphatic carbocycles. The van der Waals surface area contributed by atoms with Crippen molar-refractivity contribution in [3.63, 3.8) is 0 Å². The molecule has 1 saturated heterocycles. The lowest BCUT2D eigenvalue weighted by Gasteiger charge is -2.34. The summed E-state index contributed by atoms with van der Waals surface area (Å²) in [5.41, 5.74) is 2.00. The molecule has 2 aromatic carbocycles. The Bertz CT molecular complexity index is 1020. The highest BCUT2D eigenvalue weighted by molar-refractivity contribution is 7.91. The molecule has 7 nitrogen and oxygen atoms in total. The number of sulfone groups is 1. The summed E-state index contributed by atoms with van der Waals surface area (Å²) in [4.78, 5) is 17.1. The van der Waals surface area contributed by atoms with Crippen molar-refractivity contribution >= 4 is 21.4 Å². The largest absolute Gasteiger partial charge is 0.485 e. The van der Waals surface area contributed by atoms with Gasteiger partial charge in [0.2, 0.25) is 6.10 Å². The van der Waals surface area contributed by atoms with Crippen molar-refractivity contribution in [2.24, 2.45) is 0 Å². The van der Waals surface area contributed by atoms with Crippen LogP contribution in [0.15, 0.2) is 48.5 Å². The predicted octanol–water partition coefficient (Wildman–Crippen LogP) is 2.11. The number of carbonyl (C=O) groups is 1. The molecule has 160 valence electrons. The zero-order chi connectivity index (χ0) is 21.3. The third-order valence-corrected chi connectivity index (χ3v) is 7.27. The number of benzene rings is 2. The molecule has 8 heteroatoms. The molecule has 0 aromatic heterocycles. The molecule has 1 fully saturated rings. The van der Waals surface area contributed by atoms with Crippen LogP contribution >= 0.6 is 0 Å². The first kappa shape index (κ1) is 20.5. The Labute approximate surface area is 177 Å². The number of fused-ring (bicyclic) bond motifs is 1. The van der Waals surface area contributed by atoms with Gasteiger partial charge in [0.25, 0.3) is 5.91 Å². The highest BCUT2D eigenvalue weighted by atomic mass is 32.2. The third kappa shape index (κ3) is 4.38. The van der Waals surface area contributed by atoms with E-state index in [2.05, 4.69) is 0 Å². The van der Waals surface area contributed by atoms with Crippen LogP contribution in [0.25, 0.3) is 0 Å². The van der Waals surface area contributed by atoms with E-state index in [0.29, 0.717) is 24.5 Å². The maximum Gasteiger partial charge on any atom is 0.267 e. The Kier molecular flexibility index (Phi) is 5.60. The molecule has 0 saturated carbocycles. The summed E-state index contributed by atoms with van der Waals surface area (Å²) in [7, 11) is 0.793. The average molecular weight is 431 g/mol. The molecule has 30 heavy (non-hydrogen) atoms. The molecule has 0 bridgehead atoms. The second kappa shape index (κ2) is 8.18. The van der Waals surface area contributed by atoms with Crippen molar-refractivity contribution in [3.8, 4) is 11.5 Å². The van der Waals surface area contributed by atoms with E-state index < -0.39 is 15.9 Å². The van der Waals surface area contributed by atoms with E-state index in [1.165, 1.54) is 0 Å². The zero-order valence-corrected chi connectivity index (χ0v) is 18.0. The van der Waals surface area contributed by atoms with Crippen LogP contribution < -0.4 is 14.4 Å². The van der Waals surface area contributed by atoms with E-state index in [9.17, 15) is 13.2 Å². The van der Waals surface area contributed by atoms with E-state index in [1.54, 1.807) is 17.0 Å². The van der Waals surface area contributed by atoms with Gasteiger partial charge < -0.3 is 19.3 Å². The lowest BCUT2D eigenvalue weighted by molar-refractivity contribution is -0.143. The molecule has 4 rings (SSSR count). The fourth-order valence-electron chi connectivity index (χ4n) is 3.83. The van der Waals surface area contributed by atoms with Crippen molar-refractivity contribution in [1.29, 1.82) is 0 Å². The first-order valence-electron chi connectivity index (χ1n) is 9.98. The summed E-state index contributed by atoms with van der Waals surface area (Å²) in [5, 5.41) is 0. The number of hydrogen-bond donors (Lipinski definition) is 0. The van der Waals surface area contributed by atoms with E-state index in [4.69, 9.17) is 9.47 Å². The molecular formula is C22H26N2O5S. The maximum absolute atomic E-state index is 13.4. The van der Waals surface area contributed by atoms with Gasteiger partial charge in [-0.1, -0.05) is 24.3 Å². The van der Waals surface area contributed by atoms with Gasteiger partial charge in [0.05, 0.1) is 11.5 Å². The number of carbonyl (C=O) groups excluding carboxylic acids is 1. The summed E-state index contributed by atoms with van der Waals surface area (Å²) in [6.45, 7) is 0.430. The number of amides is 1. The van der Waals surface area contributed by atoms with Crippen molar-refractivity contribution in [2.45, 2.75) is 25.1 Å². The molecule has 0 N–H and O–H groups in total. The normalized spacial score (nSPS) is 21.8. The van der Waals surface area contributed by atoms with Gasteiger partial charge in [0.1, 0.15) is 6.61 Å². The highest BCUT2D eigenvalue weighted by Gasteiger charge is 2.39. The molecule has 2 aliphatic rings. The maximum atomic E-state index is 13.4. The first-order valence-corrected chi connectivity index (χ1v) is 11.8. The zero-order valence-electron chi connectivity index (χ0n) is 17.2. The number of ether oxygens (including phenoxy) is 2. The van der Waals surface area contributed by atoms with Crippen LogP contribution in [-0.2, 0) is 21.2 Å².